The molecule has 1 fully saturated rings. The van der Waals surface area contributed by atoms with E-state index in [1.54, 1.807) is 0 Å². The van der Waals surface area contributed by atoms with Crippen molar-refractivity contribution in [2.75, 3.05) is 11.5 Å². The van der Waals surface area contributed by atoms with Crippen LogP contribution in [0, 0.1) is 13.8 Å². The lowest BCUT2D eigenvalue weighted by Gasteiger charge is -2.42. The second kappa shape index (κ2) is 15.7. The molecule has 4 heteroatoms. The first-order chi connectivity index (χ1) is 23.8. The third kappa shape index (κ3) is 8.31. The monoisotopic (exact) mass is 652 g/mol. The molecular weight excluding hydrogens is 601 g/mol. The molecule has 5 aromatic carbocycles. The number of benzene rings is 5. The van der Waals surface area contributed by atoms with Crippen LogP contribution in [0.4, 0.5) is 11.4 Å². The van der Waals surface area contributed by atoms with Gasteiger partial charge in [0.05, 0.1) is 0 Å². The van der Waals surface area contributed by atoms with E-state index in [2.05, 4.69) is 81.4 Å². The van der Waals surface area contributed by atoms with Gasteiger partial charge in [0, 0.05) is 16.8 Å². The molecule has 49 heavy (non-hydrogen) atoms. The molecule has 0 atom stereocenters. The number of ether oxygens (including phenoxy) is 2. The number of hydrogen-bond donors (Lipinski definition) is 2. The predicted octanol–water partition coefficient (Wildman–Crippen LogP) is 12.2. The second-order valence-electron chi connectivity index (χ2n) is 14.1. The van der Waals surface area contributed by atoms with Crippen LogP contribution in [-0.2, 0) is 11.8 Å². The summed E-state index contributed by atoms with van der Waals surface area (Å²) in [6, 6.07) is 38.3. The molecule has 0 amide bonds. The topological polar surface area (TPSA) is 70.5 Å². The summed E-state index contributed by atoms with van der Waals surface area (Å²) in [5, 5.41) is 0. The van der Waals surface area contributed by atoms with Crippen LogP contribution >= 0.6 is 0 Å². The number of anilines is 2. The molecule has 0 spiro atoms. The Bertz CT molecular complexity index is 1700. The van der Waals surface area contributed by atoms with Crippen molar-refractivity contribution in [3.8, 4) is 23.0 Å². The summed E-state index contributed by atoms with van der Waals surface area (Å²) in [7, 11) is 0. The molecular formula is C45H52N2O2. The average molecular weight is 653 g/mol. The Kier molecular flexibility index (Phi) is 10.9. The number of nitrogen functional groups attached to an aromatic ring is 2. The first-order valence-corrected chi connectivity index (χ1v) is 18.2. The van der Waals surface area contributed by atoms with E-state index in [1.165, 1.54) is 60.8 Å². The van der Waals surface area contributed by atoms with Gasteiger partial charge < -0.3 is 20.9 Å². The van der Waals surface area contributed by atoms with Crippen molar-refractivity contribution in [3.05, 3.63) is 143 Å². The second-order valence-corrected chi connectivity index (χ2v) is 14.1. The third-order valence-corrected chi connectivity index (χ3v) is 10.5. The van der Waals surface area contributed by atoms with E-state index in [1.807, 2.05) is 48.5 Å². The fraction of sp³-hybridized carbons (Fsp3) is 0.333. The standard InChI is InChI=1S/C45H52N2O2/c1-4-5-6-7-8-9-34-10-12-35(13-11-34)36-26-28-45(29-27-36,37-14-24-43(32(2)30-37)48-41-20-16-39(46)17-21-41)38-15-25-44(33(3)31-38)49-42-22-18-40(47)19-23-42/h10-25,30-31,36H,4-9,26-29,46-47H2,1-3H3. The van der Waals surface area contributed by atoms with Gasteiger partial charge in [0.2, 0.25) is 0 Å². The summed E-state index contributed by atoms with van der Waals surface area (Å²) >= 11 is 0. The maximum absolute atomic E-state index is 6.29. The van der Waals surface area contributed by atoms with Gasteiger partial charge in [-0.05, 0) is 152 Å². The van der Waals surface area contributed by atoms with Crippen molar-refractivity contribution in [2.24, 2.45) is 0 Å². The summed E-state index contributed by atoms with van der Waals surface area (Å²) in [5.41, 5.74) is 21.0. The van der Waals surface area contributed by atoms with E-state index in [-0.39, 0.29) is 5.41 Å². The zero-order valence-corrected chi connectivity index (χ0v) is 29.5. The van der Waals surface area contributed by atoms with Gasteiger partial charge >= 0.3 is 0 Å². The summed E-state index contributed by atoms with van der Waals surface area (Å²) in [6.07, 6.45) is 12.2. The SMILES string of the molecule is CCCCCCCc1ccc(C2CCC(c3ccc(Oc4ccc(N)cc4)c(C)c3)(c3ccc(Oc4ccc(N)cc4)c(C)c3)CC2)cc1. The molecule has 0 bridgehead atoms. The first kappa shape index (κ1) is 34.2. The molecule has 1 aliphatic carbocycles. The van der Waals surface area contributed by atoms with E-state index < -0.39 is 0 Å². The maximum atomic E-state index is 6.29. The Morgan fingerprint density at radius 2 is 1.08 bits per heavy atom. The van der Waals surface area contributed by atoms with Crippen molar-refractivity contribution >= 4 is 11.4 Å². The molecule has 0 radical (unpaired) electrons. The molecule has 1 saturated carbocycles. The summed E-state index contributed by atoms with van der Waals surface area (Å²) in [6.45, 7) is 6.58. The smallest absolute Gasteiger partial charge is 0.130 e. The number of rotatable bonds is 13. The third-order valence-electron chi connectivity index (χ3n) is 10.5. The Morgan fingerprint density at radius 3 is 1.55 bits per heavy atom. The van der Waals surface area contributed by atoms with Crippen LogP contribution in [0.5, 0.6) is 23.0 Å². The lowest BCUT2D eigenvalue weighted by atomic mass is 9.62. The van der Waals surface area contributed by atoms with Crippen LogP contribution < -0.4 is 20.9 Å². The lowest BCUT2D eigenvalue weighted by Crippen LogP contribution is -2.33. The highest BCUT2D eigenvalue weighted by molar-refractivity contribution is 5.51. The quantitative estimate of drug-likeness (QED) is 0.0981. The molecule has 6 rings (SSSR count). The van der Waals surface area contributed by atoms with Gasteiger partial charge in [0.15, 0.2) is 0 Å². The van der Waals surface area contributed by atoms with Gasteiger partial charge in [-0.3, -0.25) is 0 Å². The average Bonchev–Trinajstić information content (AvgIpc) is 3.12. The Hall–Kier alpha value is -4.70. The Labute approximate surface area is 293 Å². The van der Waals surface area contributed by atoms with Crippen molar-refractivity contribution in [1.29, 1.82) is 0 Å². The van der Waals surface area contributed by atoms with E-state index >= 15 is 0 Å². The minimum atomic E-state index is -0.107. The van der Waals surface area contributed by atoms with Gasteiger partial charge in [0.1, 0.15) is 23.0 Å². The minimum absolute atomic E-state index is 0.107. The fourth-order valence-corrected chi connectivity index (χ4v) is 7.53. The minimum Gasteiger partial charge on any atom is -0.457 e. The zero-order valence-electron chi connectivity index (χ0n) is 29.5. The molecule has 1 aliphatic rings. The number of unbranched alkanes of at least 4 members (excludes halogenated alkanes) is 4. The molecule has 4 nitrogen and oxygen atoms in total. The number of nitrogens with two attached hydrogens (primary N) is 2. The Morgan fingerprint density at radius 1 is 0.592 bits per heavy atom. The molecule has 254 valence electrons. The van der Waals surface area contributed by atoms with E-state index in [0.29, 0.717) is 5.92 Å². The molecule has 0 heterocycles. The number of aryl methyl sites for hydroxylation is 3. The van der Waals surface area contributed by atoms with Crippen LogP contribution in [0.25, 0.3) is 0 Å². The Balaban J connectivity index is 1.24. The van der Waals surface area contributed by atoms with Crippen molar-refractivity contribution in [2.45, 2.75) is 96.3 Å². The van der Waals surface area contributed by atoms with Crippen LogP contribution in [0.15, 0.2) is 109 Å². The first-order valence-electron chi connectivity index (χ1n) is 18.2. The van der Waals surface area contributed by atoms with Gasteiger partial charge in [-0.25, -0.2) is 0 Å². The van der Waals surface area contributed by atoms with Gasteiger partial charge in [-0.2, -0.15) is 0 Å². The normalized spacial score (nSPS) is 14.4. The van der Waals surface area contributed by atoms with Gasteiger partial charge in [-0.15, -0.1) is 0 Å². The fourth-order valence-electron chi connectivity index (χ4n) is 7.53. The molecule has 4 N–H and O–H groups in total. The van der Waals surface area contributed by atoms with E-state index in [4.69, 9.17) is 20.9 Å². The largest absolute Gasteiger partial charge is 0.457 e. The van der Waals surface area contributed by atoms with E-state index in [0.717, 1.165) is 71.2 Å². The van der Waals surface area contributed by atoms with Crippen molar-refractivity contribution in [3.63, 3.8) is 0 Å². The van der Waals surface area contributed by atoms with Gasteiger partial charge in [0.25, 0.3) is 0 Å². The molecule has 0 saturated heterocycles. The zero-order chi connectivity index (χ0) is 34.2. The lowest BCUT2D eigenvalue weighted by molar-refractivity contribution is 0.314. The van der Waals surface area contributed by atoms with Crippen molar-refractivity contribution < 1.29 is 9.47 Å². The molecule has 5 aromatic rings. The van der Waals surface area contributed by atoms with Crippen molar-refractivity contribution in [1.82, 2.24) is 0 Å². The summed E-state index contributed by atoms with van der Waals surface area (Å²) in [5.74, 6) is 3.87. The molecule has 0 aliphatic heterocycles. The maximum Gasteiger partial charge on any atom is 0.130 e. The van der Waals surface area contributed by atoms with Crippen LogP contribution in [-0.4, -0.2) is 0 Å². The summed E-state index contributed by atoms with van der Waals surface area (Å²) < 4.78 is 12.6. The van der Waals surface area contributed by atoms with Crippen LogP contribution in [0.3, 0.4) is 0 Å². The predicted molar refractivity (Wildman–Crippen MR) is 205 cm³/mol. The highest BCUT2D eigenvalue weighted by atomic mass is 16.5. The van der Waals surface area contributed by atoms with Crippen LogP contribution in [0.1, 0.15) is 104 Å². The van der Waals surface area contributed by atoms with Gasteiger partial charge in [-0.1, -0.05) is 81.1 Å². The summed E-state index contributed by atoms with van der Waals surface area (Å²) in [4.78, 5) is 0. The van der Waals surface area contributed by atoms with Crippen LogP contribution in [0.2, 0.25) is 0 Å². The van der Waals surface area contributed by atoms with E-state index in [9.17, 15) is 0 Å². The number of hydrogen-bond acceptors (Lipinski definition) is 4. The highest BCUT2D eigenvalue weighted by Crippen LogP contribution is 2.50. The molecule has 0 aromatic heterocycles. The molecule has 0 unspecified atom stereocenters. The highest BCUT2D eigenvalue weighted by Gasteiger charge is 2.39.